The Hall–Kier alpha value is -1.51. The Morgan fingerprint density at radius 1 is 1.57 bits per heavy atom. The fourth-order valence-electron chi connectivity index (χ4n) is 1.40. The van der Waals surface area contributed by atoms with E-state index >= 15 is 0 Å². The number of carboxylic acid groups (broad SMARTS) is 1. The molecule has 0 saturated carbocycles. The van der Waals surface area contributed by atoms with Gasteiger partial charge in [0.05, 0.1) is 5.92 Å². The van der Waals surface area contributed by atoms with Crippen molar-refractivity contribution in [2.45, 2.75) is 20.3 Å². The van der Waals surface area contributed by atoms with E-state index in [4.69, 9.17) is 10.8 Å². The second-order valence-corrected chi connectivity index (χ2v) is 3.59. The van der Waals surface area contributed by atoms with Gasteiger partial charge in [-0.05, 0) is 30.5 Å². The Morgan fingerprint density at radius 3 is 2.71 bits per heavy atom. The predicted molar refractivity (Wildman–Crippen MR) is 56.1 cm³/mol. The first-order valence-electron chi connectivity index (χ1n) is 4.59. The number of carboxylic acids is 1. The Bertz CT molecular complexity index is 327. The van der Waals surface area contributed by atoms with Crippen molar-refractivity contribution in [1.29, 1.82) is 0 Å². The van der Waals surface area contributed by atoms with Crippen LogP contribution in [-0.2, 0) is 11.2 Å². The van der Waals surface area contributed by atoms with Crippen molar-refractivity contribution in [2.75, 3.05) is 5.73 Å². The van der Waals surface area contributed by atoms with E-state index in [0.717, 1.165) is 11.1 Å². The third kappa shape index (κ3) is 2.25. The monoisotopic (exact) mass is 193 g/mol. The highest BCUT2D eigenvalue weighted by Gasteiger charge is 2.14. The zero-order chi connectivity index (χ0) is 10.7. The van der Waals surface area contributed by atoms with Gasteiger partial charge in [0.2, 0.25) is 0 Å². The first-order chi connectivity index (χ1) is 6.52. The van der Waals surface area contributed by atoms with E-state index in [9.17, 15) is 4.79 Å². The Morgan fingerprint density at radius 2 is 2.21 bits per heavy atom. The lowest BCUT2D eigenvalue weighted by atomic mass is 9.96. The Kier molecular flexibility index (Phi) is 3.12. The molecule has 14 heavy (non-hydrogen) atoms. The molecule has 0 spiro atoms. The van der Waals surface area contributed by atoms with Crippen LogP contribution in [0.15, 0.2) is 18.2 Å². The molecule has 1 aromatic rings. The number of benzene rings is 1. The maximum absolute atomic E-state index is 10.7. The molecule has 0 aliphatic rings. The minimum Gasteiger partial charge on any atom is -0.481 e. The normalized spacial score (nSPS) is 12.4. The lowest BCUT2D eigenvalue weighted by Gasteiger charge is -2.11. The molecular weight excluding hydrogens is 178 g/mol. The highest BCUT2D eigenvalue weighted by Crippen LogP contribution is 2.20. The fourth-order valence-corrected chi connectivity index (χ4v) is 1.40. The molecule has 1 aromatic carbocycles. The fraction of sp³-hybridized carbons (Fsp3) is 0.364. The molecule has 1 atom stereocenters. The highest BCUT2D eigenvalue weighted by molar-refractivity contribution is 5.70. The van der Waals surface area contributed by atoms with Gasteiger partial charge in [0.15, 0.2) is 0 Å². The van der Waals surface area contributed by atoms with E-state index < -0.39 is 11.9 Å². The van der Waals surface area contributed by atoms with Crippen LogP contribution in [0.4, 0.5) is 5.69 Å². The number of aliphatic carboxylic acids is 1. The summed E-state index contributed by atoms with van der Waals surface area (Å²) in [6, 6.07) is 5.62. The molecule has 3 heteroatoms. The molecule has 3 N–H and O–H groups in total. The third-order valence-electron chi connectivity index (χ3n) is 2.38. The minimum absolute atomic E-state index is 0.390. The maximum Gasteiger partial charge on any atom is 0.306 e. The van der Waals surface area contributed by atoms with Gasteiger partial charge < -0.3 is 10.8 Å². The summed E-state index contributed by atoms with van der Waals surface area (Å²) in [6.45, 7) is 3.63. The molecule has 0 aromatic heterocycles. The van der Waals surface area contributed by atoms with Crippen molar-refractivity contribution in [1.82, 2.24) is 0 Å². The molecule has 1 unspecified atom stereocenters. The van der Waals surface area contributed by atoms with E-state index in [1.54, 1.807) is 13.0 Å². The number of anilines is 1. The van der Waals surface area contributed by atoms with Crippen LogP contribution >= 0.6 is 0 Å². The van der Waals surface area contributed by atoms with Gasteiger partial charge >= 0.3 is 5.97 Å². The van der Waals surface area contributed by atoms with E-state index in [-0.39, 0.29) is 0 Å². The van der Waals surface area contributed by atoms with Crippen LogP contribution in [0.1, 0.15) is 18.1 Å². The van der Waals surface area contributed by atoms with Gasteiger partial charge in [-0.15, -0.1) is 0 Å². The summed E-state index contributed by atoms with van der Waals surface area (Å²) in [4.78, 5) is 10.7. The number of rotatable bonds is 3. The van der Waals surface area contributed by atoms with Gasteiger partial charge in [0, 0.05) is 5.69 Å². The average Bonchev–Trinajstić information content (AvgIpc) is 2.11. The molecule has 0 saturated heterocycles. The molecule has 0 aliphatic heterocycles. The largest absolute Gasteiger partial charge is 0.481 e. The van der Waals surface area contributed by atoms with Crippen LogP contribution < -0.4 is 5.73 Å². The van der Waals surface area contributed by atoms with Crippen molar-refractivity contribution in [2.24, 2.45) is 5.92 Å². The lowest BCUT2D eigenvalue weighted by Crippen LogP contribution is -2.14. The molecule has 3 nitrogen and oxygen atoms in total. The van der Waals surface area contributed by atoms with Gasteiger partial charge in [0.1, 0.15) is 0 Å². The highest BCUT2D eigenvalue weighted by atomic mass is 16.4. The van der Waals surface area contributed by atoms with Crippen LogP contribution in [0.25, 0.3) is 0 Å². The first kappa shape index (κ1) is 10.6. The van der Waals surface area contributed by atoms with Crippen LogP contribution in [0.3, 0.4) is 0 Å². The van der Waals surface area contributed by atoms with Gasteiger partial charge in [-0.3, -0.25) is 4.79 Å². The smallest absolute Gasteiger partial charge is 0.306 e. The predicted octanol–water partition coefficient (Wildman–Crippen LogP) is 1.84. The van der Waals surface area contributed by atoms with Crippen LogP contribution in [0.5, 0.6) is 0 Å². The van der Waals surface area contributed by atoms with Gasteiger partial charge in [0.25, 0.3) is 0 Å². The second-order valence-electron chi connectivity index (χ2n) is 3.59. The molecule has 0 aliphatic carbocycles. The average molecular weight is 193 g/mol. The van der Waals surface area contributed by atoms with Crippen molar-refractivity contribution in [3.8, 4) is 0 Å². The molecule has 0 heterocycles. The summed E-state index contributed by atoms with van der Waals surface area (Å²) in [7, 11) is 0. The van der Waals surface area contributed by atoms with Gasteiger partial charge in [-0.1, -0.05) is 19.1 Å². The minimum atomic E-state index is -0.785. The summed E-state index contributed by atoms with van der Waals surface area (Å²) < 4.78 is 0. The van der Waals surface area contributed by atoms with Crippen molar-refractivity contribution >= 4 is 11.7 Å². The number of aryl methyl sites for hydroxylation is 1. The summed E-state index contributed by atoms with van der Waals surface area (Å²) in [6.07, 6.45) is 0.494. The summed E-state index contributed by atoms with van der Waals surface area (Å²) >= 11 is 0. The Balaban J connectivity index is 2.91. The number of nitrogens with two attached hydrogens (primary N) is 1. The third-order valence-corrected chi connectivity index (χ3v) is 2.38. The molecule has 0 amide bonds. The summed E-state index contributed by atoms with van der Waals surface area (Å²) in [5, 5.41) is 8.78. The summed E-state index contributed by atoms with van der Waals surface area (Å²) in [5.41, 5.74) is 8.46. The van der Waals surface area contributed by atoms with Crippen molar-refractivity contribution in [3.05, 3.63) is 29.3 Å². The first-order valence-corrected chi connectivity index (χ1v) is 4.59. The number of hydrogen-bond donors (Lipinski definition) is 2. The quantitative estimate of drug-likeness (QED) is 0.720. The molecule has 0 bridgehead atoms. The van der Waals surface area contributed by atoms with E-state index in [2.05, 4.69) is 0 Å². The topological polar surface area (TPSA) is 63.3 Å². The van der Waals surface area contributed by atoms with Crippen molar-refractivity contribution in [3.63, 3.8) is 0 Å². The molecular formula is C11H15NO2. The second kappa shape index (κ2) is 4.13. The summed E-state index contributed by atoms with van der Waals surface area (Å²) in [5.74, 6) is -1.17. The van der Waals surface area contributed by atoms with E-state index in [1.165, 1.54) is 0 Å². The van der Waals surface area contributed by atoms with E-state index in [0.29, 0.717) is 12.1 Å². The SMILES string of the molecule is Cc1cccc(N)c1CC(C)C(=O)O. The van der Waals surface area contributed by atoms with Gasteiger partial charge in [-0.2, -0.15) is 0 Å². The van der Waals surface area contributed by atoms with Crippen LogP contribution in [0.2, 0.25) is 0 Å². The molecule has 0 radical (unpaired) electrons. The number of hydrogen-bond acceptors (Lipinski definition) is 2. The molecule has 1 rings (SSSR count). The number of carbonyl (C=O) groups is 1. The van der Waals surface area contributed by atoms with Crippen LogP contribution in [-0.4, -0.2) is 11.1 Å². The van der Waals surface area contributed by atoms with Crippen molar-refractivity contribution < 1.29 is 9.90 Å². The standard InChI is InChI=1S/C11H15NO2/c1-7-4-3-5-10(12)9(7)6-8(2)11(13)14/h3-5,8H,6,12H2,1-2H3,(H,13,14). The number of nitrogen functional groups attached to an aromatic ring is 1. The zero-order valence-electron chi connectivity index (χ0n) is 8.45. The molecule has 0 fully saturated rings. The molecule has 76 valence electrons. The maximum atomic E-state index is 10.7. The lowest BCUT2D eigenvalue weighted by molar-refractivity contribution is -0.141. The Labute approximate surface area is 83.6 Å². The van der Waals surface area contributed by atoms with Crippen LogP contribution in [0, 0.1) is 12.8 Å². The van der Waals surface area contributed by atoms with Gasteiger partial charge in [-0.25, -0.2) is 0 Å². The zero-order valence-corrected chi connectivity index (χ0v) is 8.45. The van der Waals surface area contributed by atoms with E-state index in [1.807, 2.05) is 19.1 Å².